The van der Waals surface area contributed by atoms with Gasteiger partial charge in [-0.25, -0.2) is 0 Å². The highest BCUT2D eigenvalue weighted by Gasteiger charge is 2.22. The number of hydrogen-bond donors (Lipinski definition) is 3. The molecule has 100 valence electrons. The minimum atomic E-state index is -0.635. The molecule has 0 saturated carbocycles. The van der Waals surface area contributed by atoms with Gasteiger partial charge in [0.05, 0.1) is 16.5 Å². The highest BCUT2D eigenvalue weighted by atomic mass is 35.5. The quantitative estimate of drug-likeness (QED) is 0.727. The second-order valence-corrected chi connectivity index (χ2v) is 4.85. The first-order valence-corrected chi connectivity index (χ1v) is 6.19. The van der Waals surface area contributed by atoms with Gasteiger partial charge in [-0.3, -0.25) is 9.59 Å². The molecule has 1 aliphatic rings. The van der Waals surface area contributed by atoms with Crippen LogP contribution in [0.5, 0.6) is 0 Å². The molecule has 2 rings (SSSR count). The van der Waals surface area contributed by atoms with Crippen LogP contribution in [0.4, 0.5) is 5.69 Å². The van der Waals surface area contributed by atoms with Gasteiger partial charge in [0.15, 0.2) is 0 Å². The minimum Gasteiger partial charge on any atom is -0.366 e. The Bertz CT molecular complexity index is 557. The van der Waals surface area contributed by atoms with E-state index >= 15 is 0 Å². The van der Waals surface area contributed by atoms with E-state index in [1.807, 2.05) is 0 Å². The summed E-state index contributed by atoms with van der Waals surface area (Å²) in [5, 5.41) is 2.97. The summed E-state index contributed by atoms with van der Waals surface area (Å²) in [7, 11) is 0. The average molecular weight is 280 g/mol. The Morgan fingerprint density at radius 1 is 1.32 bits per heavy atom. The molecule has 5 N–H and O–H groups in total. The zero-order valence-electron chi connectivity index (χ0n) is 10.1. The molecule has 0 saturated heterocycles. The maximum atomic E-state index is 12.0. The van der Waals surface area contributed by atoms with E-state index in [1.165, 1.54) is 12.1 Å². The summed E-state index contributed by atoms with van der Waals surface area (Å²) < 4.78 is 0. The van der Waals surface area contributed by atoms with Crippen LogP contribution >= 0.6 is 11.6 Å². The van der Waals surface area contributed by atoms with E-state index in [-0.39, 0.29) is 28.5 Å². The second kappa shape index (κ2) is 5.42. The summed E-state index contributed by atoms with van der Waals surface area (Å²) in [4.78, 5) is 23.1. The number of nitrogens with two attached hydrogens (primary N) is 2. The molecule has 2 unspecified atom stereocenters. The van der Waals surface area contributed by atoms with Crippen LogP contribution in [0.25, 0.3) is 0 Å². The van der Waals surface area contributed by atoms with Crippen LogP contribution < -0.4 is 16.8 Å². The maximum Gasteiger partial charge on any atom is 0.250 e. The highest BCUT2D eigenvalue weighted by molar-refractivity contribution is 6.34. The lowest BCUT2D eigenvalue weighted by Gasteiger charge is -2.11. The van der Waals surface area contributed by atoms with Crippen molar-refractivity contribution in [1.29, 1.82) is 0 Å². The van der Waals surface area contributed by atoms with Crippen LogP contribution in [0.15, 0.2) is 30.4 Å². The lowest BCUT2D eigenvalue weighted by molar-refractivity contribution is -0.118. The molecule has 5 nitrogen and oxygen atoms in total. The summed E-state index contributed by atoms with van der Waals surface area (Å²) in [6, 6.07) is 4.52. The van der Waals surface area contributed by atoms with E-state index in [0.29, 0.717) is 12.1 Å². The van der Waals surface area contributed by atoms with E-state index in [2.05, 4.69) is 5.32 Å². The number of anilines is 1. The van der Waals surface area contributed by atoms with Crippen molar-refractivity contribution in [1.82, 2.24) is 0 Å². The maximum absolute atomic E-state index is 12.0. The van der Waals surface area contributed by atoms with Crippen molar-refractivity contribution < 1.29 is 9.59 Å². The second-order valence-electron chi connectivity index (χ2n) is 4.44. The Hall–Kier alpha value is -1.85. The van der Waals surface area contributed by atoms with Crippen LogP contribution in [-0.4, -0.2) is 17.9 Å². The van der Waals surface area contributed by atoms with Crippen molar-refractivity contribution in [2.24, 2.45) is 17.4 Å². The number of nitrogens with one attached hydrogen (secondary N) is 1. The lowest BCUT2D eigenvalue weighted by Crippen LogP contribution is -2.24. The number of hydrogen-bond acceptors (Lipinski definition) is 3. The van der Waals surface area contributed by atoms with Crippen molar-refractivity contribution in [2.75, 3.05) is 5.32 Å². The molecule has 0 bridgehead atoms. The zero-order chi connectivity index (χ0) is 14.0. The fourth-order valence-corrected chi connectivity index (χ4v) is 2.16. The van der Waals surface area contributed by atoms with Gasteiger partial charge in [0.25, 0.3) is 0 Å². The normalized spacial score (nSPS) is 21.4. The Labute approximate surface area is 115 Å². The van der Waals surface area contributed by atoms with Crippen molar-refractivity contribution in [3.8, 4) is 0 Å². The highest BCUT2D eigenvalue weighted by Crippen LogP contribution is 2.22. The third kappa shape index (κ3) is 3.13. The molecule has 0 fully saturated rings. The topological polar surface area (TPSA) is 98.2 Å². The lowest BCUT2D eigenvalue weighted by atomic mass is 10.1. The Balaban J connectivity index is 2.11. The van der Waals surface area contributed by atoms with E-state index < -0.39 is 5.91 Å². The third-order valence-electron chi connectivity index (χ3n) is 2.95. The van der Waals surface area contributed by atoms with Gasteiger partial charge in [0.1, 0.15) is 0 Å². The molecule has 6 heteroatoms. The van der Waals surface area contributed by atoms with Crippen LogP contribution in [0.2, 0.25) is 5.02 Å². The summed E-state index contributed by atoms with van der Waals surface area (Å²) in [5.74, 6) is -1.05. The van der Waals surface area contributed by atoms with Gasteiger partial charge < -0.3 is 16.8 Å². The third-order valence-corrected chi connectivity index (χ3v) is 3.28. The van der Waals surface area contributed by atoms with Gasteiger partial charge in [-0.2, -0.15) is 0 Å². The smallest absolute Gasteiger partial charge is 0.250 e. The van der Waals surface area contributed by atoms with Crippen molar-refractivity contribution in [3.63, 3.8) is 0 Å². The van der Waals surface area contributed by atoms with E-state index in [0.717, 1.165) is 0 Å². The molecule has 0 aromatic heterocycles. The fraction of sp³-hybridized carbons (Fsp3) is 0.231. The van der Waals surface area contributed by atoms with Crippen LogP contribution in [0.1, 0.15) is 16.8 Å². The molecule has 2 amide bonds. The largest absolute Gasteiger partial charge is 0.366 e. The monoisotopic (exact) mass is 279 g/mol. The van der Waals surface area contributed by atoms with E-state index in [1.54, 1.807) is 18.2 Å². The predicted molar refractivity (Wildman–Crippen MR) is 73.8 cm³/mol. The number of amides is 2. The molecule has 0 heterocycles. The average Bonchev–Trinajstić information content (AvgIpc) is 2.78. The molecule has 2 atom stereocenters. The standard InChI is InChI=1S/C13H14ClN3O2/c14-11-4-3-9(6-10(11)12(16)18)17-13(19)7-1-2-8(15)5-7/h1-4,6-8H,5,15H2,(H2,16,18)(H,17,19). The Morgan fingerprint density at radius 3 is 2.63 bits per heavy atom. The Kier molecular flexibility index (Phi) is 3.87. The molecule has 19 heavy (non-hydrogen) atoms. The fourth-order valence-electron chi connectivity index (χ4n) is 1.95. The van der Waals surface area contributed by atoms with Crippen molar-refractivity contribution in [3.05, 3.63) is 40.9 Å². The molecule has 0 spiro atoms. The zero-order valence-corrected chi connectivity index (χ0v) is 10.9. The Morgan fingerprint density at radius 2 is 2.05 bits per heavy atom. The number of carbonyl (C=O) groups is 2. The SMILES string of the molecule is NC(=O)c1cc(NC(=O)C2C=CC(N)C2)ccc1Cl. The summed E-state index contributed by atoms with van der Waals surface area (Å²) in [5.41, 5.74) is 11.5. The van der Waals surface area contributed by atoms with Crippen LogP contribution in [-0.2, 0) is 4.79 Å². The summed E-state index contributed by atoms with van der Waals surface area (Å²) in [6.07, 6.45) is 4.17. The van der Waals surface area contributed by atoms with Gasteiger partial charge in [0, 0.05) is 11.7 Å². The minimum absolute atomic E-state index is 0.0813. The van der Waals surface area contributed by atoms with E-state index in [4.69, 9.17) is 23.1 Å². The van der Waals surface area contributed by atoms with Crippen LogP contribution in [0, 0.1) is 5.92 Å². The number of carbonyl (C=O) groups excluding carboxylic acids is 2. The molecule has 1 aromatic rings. The number of benzene rings is 1. The van der Waals surface area contributed by atoms with Gasteiger partial charge in [-0.05, 0) is 24.6 Å². The van der Waals surface area contributed by atoms with Crippen LogP contribution in [0.3, 0.4) is 0 Å². The summed E-state index contributed by atoms with van der Waals surface area (Å²) >= 11 is 5.83. The molecule has 1 aromatic carbocycles. The van der Waals surface area contributed by atoms with E-state index in [9.17, 15) is 9.59 Å². The molecule has 1 aliphatic carbocycles. The molecular weight excluding hydrogens is 266 g/mol. The van der Waals surface area contributed by atoms with Crippen molar-refractivity contribution in [2.45, 2.75) is 12.5 Å². The van der Waals surface area contributed by atoms with Gasteiger partial charge >= 0.3 is 0 Å². The number of rotatable bonds is 3. The molecule has 0 radical (unpaired) electrons. The van der Waals surface area contributed by atoms with Gasteiger partial charge in [-0.1, -0.05) is 23.8 Å². The predicted octanol–water partition coefficient (Wildman–Crippen LogP) is 1.28. The summed E-state index contributed by atoms with van der Waals surface area (Å²) in [6.45, 7) is 0. The molecule has 0 aliphatic heterocycles. The first kappa shape index (κ1) is 13.6. The van der Waals surface area contributed by atoms with Gasteiger partial charge in [-0.15, -0.1) is 0 Å². The first-order valence-electron chi connectivity index (χ1n) is 5.81. The molecular formula is C13H14ClN3O2. The van der Waals surface area contributed by atoms with Crippen molar-refractivity contribution >= 4 is 29.1 Å². The number of halogens is 1. The number of primary amides is 1. The first-order chi connectivity index (χ1) is 8.97. The van der Waals surface area contributed by atoms with Gasteiger partial charge in [0.2, 0.25) is 11.8 Å².